The van der Waals surface area contributed by atoms with Gasteiger partial charge in [-0.1, -0.05) is 11.2 Å². The fourth-order valence-corrected chi connectivity index (χ4v) is 3.88. The van der Waals surface area contributed by atoms with Crippen LogP contribution in [0, 0.1) is 0 Å². The lowest BCUT2D eigenvalue weighted by Crippen LogP contribution is -2.44. The van der Waals surface area contributed by atoms with Crippen molar-refractivity contribution in [2.24, 2.45) is 5.16 Å². The van der Waals surface area contributed by atoms with Crippen LogP contribution in [-0.2, 0) is 14.3 Å². The summed E-state index contributed by atoms with van der Waals surface area (Å²) >= 11 is 0. The molecule has 0 bridgehead atoms. The summed E-state index contributed by atoms with van der Waals surface area (Å²) in [7, 11) is 3.48. The first-order valence-electron chi connectivity index (χ1n) is 11.7. The van der Waals surface area contributed by atoms with Crippen LogP contribution in [0.1, 0.15) is 35.3 Å². The van der Waals surface area contributed by atoms with E-state index in [9.17, 15) is 4.79 Å². The minimum Gasteiger partial charge on any atom is -0.487 e. The first-order chi connectivity index (χ1) is 16.6. The molecule has 1 atom stereocenters. The van der Waals surface area contributed by atoms with E-state index in [0.717, 1.165) is 56.9 Å². The van der Waals surface area contributed by atoms with Crippen LogP contribution in [0.4, 0.5) is 5.69 Å². The highest BCUT2D eigenvalue weighted by atomic mass is 16.8. The number of methoxy groups -OCH3 is 1. The van der Waals surface area contributed by atoms with Gasteiger partial charge in [-0.3, -0.25) is 4.98 Å². The standard InChI is InChI=1S/C25H32N4O5/c1-28-11-13-29(14-12-28)20-6-5-7-21(17-20)33-18-23(27-34-24-8-3-4-15-32-24)22-16-19(9-10-26-22)25(30)31-2/h5-7,9-10,16-17,24H,3-4,8,11-15,18H2,1-2H3/b27-23+. The number of likely N-dealkylation sites (N-methyl/N-ethyl adjacent to an activating group) is 1. The second kappa shape index (κ2) is 11.8. The van der Waals surface area contributed by atoms with Gasteiger partial charge in [0, 0.05) is 50.6 Å². The van der Waals surface area contributed by atoms with E-state index in [-0.39, 0.29) is 6.61 Å². The van der Waals surface area contributed by atoms with Crippen LogP contribution < -0.4 is 9.64 Å². The van der Waals surface area contributed by atoms with Gasteiger partial charge >= 0.3 is 5.97 Å². The molecule has 9 heteroatoms. The Kier molecular flexibility index (Phi) is 8.32. The van der Waals surface area contributed by atoms with Gasteiger partial charge < -0.3 is 28.8 Å². The van der Waals surface area contributed by atoms with Crippen molar-refractivity contribution in [3.8, 4) is 5.75 Å². The van der Waals surface area contributed by atoms with Gasteiger partial charge in [-0.2, -0.15) is 0 Å². The van der Waals surface area contributed by atoms with E-state index in [1.165, 1.54) is 7.11 Å². The molecule has 1 aromatic carbocycles. The molecule has 0 aliphatic carbocycles. The van der Waals surface area contributed by atoms with Crippen molar-refractivity contribution in [2.45, 2.75) is 25.6 Å². The number of carbonyl (C=O) groups excluding carboxylic acids is 1. The molecular formula is C25H32N4O5. The van der Waals surface area contributed by atoms with Gasteiger partial charge in [-0.25, -0.2) is 4.79 Å². The van der Waals surface area contributed by atoms with Crippen LogP contribution >= 0.6 is 0 Å². The highest BCUT2D eigenvalue weighted by Crippen LogP contribution is 2.23. The van der Waals surface area contributed by atoms with Crippen molar-refractivity contribution < 1.29 is 23.8 Å². The smallest absolute Gasteiger partial charge is 0.337 e. The molecule has 0 saturated carbocycles. The van der Waals surface area contributed by atoms with E-state index in [2.05, 4.69) is 33.1 Å². The number of hydrogen-bond donors (Lipinski definition) is 0. The molecule has 0 radical (unpaired) electrons. The highest BCUT2D eigenvalue weighted by molar-refractivity contribution is 6.01. The summed E-state index contributed by atoms with van der Waals surface area (Å²) in [4.78, 5) is 26.7. The summed E-state index contributed by atoms with van der Waals surface area (Å²) in [6.07, 6.45) is 3.98. The van der Waals surface area contributed by atoms with Crippen molar-refractivity contribution in [2.75, 3.05) is 58.5 Å². The topological polar surface area (TPSA) is 85.7 Å². The van der Waals surface area contributed by atoms with Gasteiger partial charge in [0.2, 0.25) is 6.29 Å². The third-order valence-corrected chi connectivity index (χ3v) is 5.96. The molecule has 1 unspecified atom stereocenters. The molecule has 9 nitrogen and oxygen atoms in total. The molecule has 0 spiro atoms. The summed E-state index contributed by atoms with van der Waals surface area (Å²) in [5, 5.41) is 4.32. The molecular weight excluding hydrogens is 436 g/mol. The lowest BCUT2D eigenvalue weighted by molar-refractivity contribution is -0.162. The summed E-state index contributed by atoms with van der Waals surface area (Å²) in [6, 6.07) is 11.3. The number of pyridine rings is 1. The van der Waals surface area contributed by atoms with Crippen molar-refractivity contribution in [1.29, 1.82) is 0 Å². The number of oxime groups is 1. The molecule has 2 aliphatic rings. The molecule has 4 rings (SSSR count). The van der Waals surface area contributed by atoms with Crippen molar-refractivity contribution in [1.82, 2.24) is 9.88 Å². The molecule has 1 aromatic heterocycles. The minimum absolute atomic E-state index is 0.122. The molecule has 2 aliphatic heterocycles. The third kappa shape index (κ3) is 6.45. The molecule has 2 aromatic rings. The maximum Gasteiger partial charge on any atom is 0.337 e. The SMILES string of the molecule is COC(=O)c1ccnc(/C(COc2cccc(N3CCN(C)CC3)c2)=N/OC2CCCCO2)c1. The van der Waals surface area contributed by atoms with E-state index in [0.29, 0.717) is 23.6 Å². The van der Waals surface area contributed by atoms with Gasteiger partial charge in [0.25, 0.3) is 0 Å². The van der Waals surface area contributed by atoms with Crippen molar-refractivity contribution >= 4 is 17.4 Å². The number of hydrogen-bond acceptors (Lipinski definition) is 9. The number of aromatic nitrogens is 1. The summed E-state index contributed by atoms with van der Waals surface area (Å²) in [5.41, 5.74) is 2.45. The first-order valence-corrected chi connectivity index (χ1v) is 11.7. The van der Waals surface area contributed by atoms with Crippen molar-refractivity contribution in [3.05, 3.63) is 53.9 Å². The summed E-state index contributed by atoms with van der Waals surface area (Å²) < 4.78 is 16.6. The fraction of sp³-hybridized carbons (Fsp3) is 0.480. The molecule has 3 heterocycles. The van der Waals surface area contributed by atoms with E-state index >= 15 is 0 Å². The normalized spacial score (nSPS) is 19.5. The lowest BCUT2D eigenvalue weighted by atomic mass is 10.2. The van der Waals surface area contributed by atoms with Gasteiger partial charge in [0.1, 0.15) is 18.1 Å². The maximum atomic E-state index is 12.0. The van der Waals surface area contributed by atoms with Crippen LogP contribution in [0.15, 0.2) is 47.8 Å². The third-order valence-electron chi connectivity index (χ3n) is 5.96. The Labute approximate surface area is 200 Å². The number of piperazine rings is 1. The Hall–Kier alpha value is -3.17. The molecule has 2 fully saturated rings. The second-order valence-corrected chi connectivity index (χ2v) is 8.44. The predicted octanol–water partition coefficient (Wildman–Crippen LogP) is 2.95. The molecule has 182 valence electrons. The van der Waals surface area contributed by atoms with Crippen LogP contribution in [0.2, 0.25) is 0 Å². The Morgan fingerprint density at radius 1 is 1.18 bits per heavy atom. The van der Waals surface area contributed by atoms with Gasteiger partial charge in [-0.05, 0) is 44.2 Å². The number of carbonyl (C=O) groups is 1. The Balaban J connectivity index is 1.49. The summed E-state index contributed by atoms with van der Waals surface area (Å²) in [6.45, 7) is 4.80. The van der Waals surface area contributed by atoms with Crippen LogP contribution in [0.5, 0.6) is 5.75 Å². The minimum atomic E-state index is -0.444. The number of esters is 1. The average Bonchev–Trinajstić information content (AvgIpc) is 2.89. The zero-order valence-electron chi connectivity index (χ0n) is 19.8. The number of rotatable bonds is 8. The van der Waals surface area contributed by atoms with Crippen molar-refractivity contribution in [3.63, 3.8) is 0 Å². The largest absolute Gasteiger partial charge is 0.487 e. The Morgan fingerprint density at radius 2 is 2.03 bits per heavy atom. The second-order valence-electron chi connectivity index (χ2n) is 8.44. The maximum absolute atomic E-state index is 12.0. The quantitative estimate of drug-likeness (QED) is 0.332. The molecule has 2 saturated heterocycles. The van der Waals surface area contributed by atoms with Crippen LogP contribution in [0.3, 0.4) is 0 Å². The van der Waals surface area contributed by atoms with E-state index in [4.69, 9.17) is 19.0 Å². The zero-order valence-corrected chi connectivity index (χ0v) is 19.8. The van der Waals surface area contributed by atoms with E-state index in [1.54, 1.807) is 18.3 Å². The molecule has 0 N–H and O–H groups in total. The lowest BCUT2D eigenvalue weighted by Gasteiger charge is -2.34. The number of ether oxygens (including phenoxy) is 3. The highest BCUT2D eigenvalue weighted by Gasteiger charge is 2.18. The van der Waals surface area contributed by atoms with Gasteiger partial charge in [0.05, 0.1) is 25.0 Å². The fourth-order valence-electron chi connectivity index (χ4n) is 3.88. The number of benzene rings is 1. The van der Waals surface area contributed by atoms with Crippen LogP contribution in [-0.4, -0.2) is 81.4 Å². The average molecular weight is 469 g/mol. The Bertz CT molecular complexity index is 985. The van der Waals surface area contributed by atoms with Gasteiger partial charge in [0.15, 0.2) is 0 Å². The number of anilines is 1. The van der Waals surface area contributed by atoms with E-state index in [1.807, 2.05) is 18.2 Å². The predicted molar refractivity (Wildman–Crippen MR) is 128 cm³/mol. The number of nitrogens with zero attached hydrogens (tertiary/aromatic N) is 4. The first kappa shape index (κ1) is 24.0. The molecule has 34 heavy (non-hydrogen) atoms. The molecule has 0 amide bonds. The summed E-state index contributed by atoms with van der Waals surface area (Å²) in [5.74, 6) is 0.280. The van der Waals surface area contributed by atoms with Crippen LogP contribution in [0.25, 0.3) is 0 Å². The zero-order chi connectivity index (χ0) is 23.8. The Morgan fingerprint density at radius 3 is 2.79 bits per heavy atom. The van der Waals surface area contributed by atoms with Gasteiger partial charge in [-0.15, -0.1) is 0 Å². The van der Waals surface area contributed by atoms with E-state index < -0.39 is 12.3 Å². The monoisotopic (exact) mass is 468 g/mol.